The lowest BCUT2D eigenvalue weighted by Gasteiger charge is -2.31. The van der Waals surface area contributed by atoms with Crippen LogP contribution >= 0.6 is 34.7 Å². The van der Waals surface area contributed by atoms with Crippen LogP contribution in [0.1, 0.15) is 21.9 Å². The van der Waals surface area contributed by atoms with Gasteiger partial charge in [-0.15, -0.1) is 0 Å². The number of rotatable bonds is 6. The number of thioether (sulfide) groups is 1. The number of carbonyl (C=O) groups is 3. The summed E-state index contributed by atoms with van der Waals surface area (Å²) in [5.41, 5.74) is 2.33. The van der Waals surface area contributed by atoms with Crippen molar-refractivity contribution in [3.63, 3.8) is 0 Å². The summed E-state index contributed by atoms with van der Waals surface area (Å²) in [6, 6.07) is 17.2. The van der Waals surface area contributed by atoms with E-state index in [1.807, 2.05) is 19.1 Å². The molecule has 0 saturated carbocycles. The molecule has 0 bridgehead atoms. The monoisotopic (exact) mass is 609 g/mol. The molecule has 2 aliphatic rings. The Kier molecular flexibility index (Phi) is 7.18. The Bertz CT molecular complexity index is 1740. The fraction of sp³-hybridized carbons (Fsp3) is 0.172. The van der Waals surface area contributed by atoms with Gasteiger partial charge in [-0.05, 0) is 61.5 Å². The van der Waals surface area contributed by atoms with E-state index in [2.05, 4.69) is 10.3 Å². The highest BCUT2D eigenvalue weighted by Crippen LogP contribution is 2.54. The second-order valence-corrected chi connectivity index (χ2v) is 12.2. The van der Waals surface area contributed by atoms with E-state index in [9.17, 15) is 23.6 Å². The fourth-order valence-corrected chi connectivity index (χ4v) is 7.75. The summed E-state index contributed by atoms with van der Waals surface area (Å²) in [5.74, 6) is -2.99. The smallest absolute Gasteiger partial charge is 0.305 e. The van der Waals surface area contributed by atoms with E-state index in [1.165, 1.54) is 40.9 Å². The molecular formula is C29H21ClFN3O5S2. The molecule has 12 heteroatoms. The first-order valence-electron chi connectivity index (χ1n) is 12.5. The third-order valence-corrected chi connectivity index (χ3v) is 9.55. The number of nitrogens with one attached hydrogen (secondary N) is 2. The van der Waals surface area contributed by atoms with E-state index >= 15 is 0 Å². The number of hydrogen-bond donors (Lipinski definition) is 2. The van der Waals surface area contributed by atoms with Gasteiger partial charge in [0.15, 0.2) is 6.61 Å². The summed E-state index contributed by atoms with van der Waals surface area (Å²) in [7, 11) is 0. The van der Waals surface area contributed by atoms with Crippen molar-refractivity contribution in [2.24, 2.45) is 5.92 Å². The van der Waals surface area contributed by atoms with Gasteiger partial charge in [0.2, 0.25) is 11.8 Å². The zero-order valence-electron chi connectivity index (χ0n) is 21.4. The number of amides is 3. The third kappa shape index (κ3) is 5.16. The van der Waals surface area contributed by atoms with Gasteiger partial charge in [-0.1, -0.05) is 52.4 Å². The van der Waals surface area contributed by atoms with E-state index in [1.54, 1.807) is 30.3 Å². The van der Waals surface area contributed by atoms with Crippen LogP contribution in [0.5, 0.6) is 5.75 Å². The topological polar surface area (TPSA) is 109 Å². The quantitative estimate of drug-likeness (QED) is 0.285. The normalized spacial score (nSPS) is 19.6. The number of ether oxygens (including phenoxy) is 1. The molecule has 1 fully saturated rings. The van der Waals surface area contributed by atoms with Crippen LogP contribution in [0.3, 0.4) is 0 Å². The van der Waals surface area contributed by atoms with Gasteiger partial charge in [0.25, 0.3) is 5.91 Å². The maximum Gasteiger partial charge on any atom is 0.305 e. The van der Waals surface area contributed by atoms with E-state index in [0.717, 1.165) is 16.9 Å². The molecule has 6 rings (SSSR count). The first kappa shape index (κ1) is 27.3. The van der Waals surface area contributed by atoms with Gasteiger partial charge in [0.05, 0.1) is 16.6 Å². The number of hydrogen-bond acceptors (Lipinski definition) is 7. The van der Waals surface area contributed by atoms with E-state index < -0.39 is 34.7 Å². The minimum Gasteiger partial charge on any atom is -0.483 e. The molecule has 41 heavy (non-hydrogen) atoms. The molecule has 2 aliphatic heterocycles. The SMILES string of the molecule is Cc1ccc(N2C(=O)C3Sc4[nH]c(=O)sc4C(c4cc(Cl)ccc4OCC(=O)Nc4ccc(F)cc4)C3C2=O)cc1. The lowest BCUT2D eigenvalue weighted by Crippen LogP contribution is -2.32. The summed E-state index contributed by atoms with van der Waals surface area (Å²) in [4.78, 5) is 57.0. The minimum absolute atomic E-state index is 0.278. The van der Waals surface area contributed by atoms with Crippen molar-refractivity contribution in [2.75, 3.05) is 16.8 Å². The van der Waals surface area contributed by atoms with E-state index in [4.69, 9.17) is 16.3 Å². The lowest BCUT2D eigenvalue weighted by atomic mass is 9.82. The number of fused-ring (bicyclic) bond motifs is 2. The first-order chi connectivity index (χ1) is 19.7. The molecule has 3 atom stereocenters. The summed E-state index contributed by atoms with van der Waals surface area (Å²) in [5, 5.41) is 2.71. The maximum absolute atomic E-state index is 14.0. The number of benzene rings is 3. The molecule has 0 radical (unpaired) electrons. The number of H-pyrrole nitrogens is 1. The van der Waals surface area contributed by atoms with Gasteiger partial charge in [0.1, 0.15) is 16.8 Å². The Morgan fingerprint density at radius 3 is 2.51 bits per heavy atom. The molecular weight excluding hydrogens is 589 g/mol. The number of imide groups is 1. The van der Waals surface area contributed by atoms with Gasteiger partial charge in [0, 0.05) is 27.1 Å². The Labute approximate surface area is 246 Å². The van der Waals surface area contributed by atoms with Gasteiger partial charge < -0.3 is 15.0 Å². The molecule has 3 heterocycles. The first-order valence-corrected chi connectivity index (χ1v) is 14.6. The molecule has 0 spiro atoms. The molecule has 2 N–H and O–H groups in total. The number of thiazole rings is 1. The number of carbonyl (C=O) groups excluding carboxylic acids is 3. The van der Waals surface area contributed by atoms with Crippen molar-refractivity contribution in [1.82, 2.24) is 4.98 Å². The second-order valence-electron chi connectivity index (χ2n) is 9.62. The van der Waals surface area contributed by atoms with Crippen LogP contribution in [-0.2, 0) is 14.4 Å². The number of nitrogens with zero attached hydrogens (tertiary/aromatic N) is 1. The maximum atomic E-state index is 14.0. The van der Waals surface area contributed by atoms with Crippen LogP contribution in [0.15, 0.2) is 76.6 Å². The predicted octanol–water partition coefficient (Wildman–Crippen LogP) is 5.35. The average Bonchev–Trinajstić information content (AvgIpc) is 3.44. The van der Waals surface area contributed by atoms with Crippen molar-refractivity contribution < 1.29 is 23.5 Å². The highest BCUT2D eigenvalue weighted by Gasteiger charge is 2.56. The number of aryl methyl sites for hydroxylation is 1. The van der Waals surface area contributed by atoms with Gasteiger partial charge in [-0.2, -0.15) is 0 Å². The van der Waals surface area contributed by atoms with Crippen molar-refractivity contribution in [1.29, 1.82) is 0 Å². The summed E-state index contributed by atoms with van der Waals surface area (Å²) < 4.78 is 19.1. The van der Waals surface area contributed by atoms with Crippen molar-refractivity contribution in [2.45, 2.75) is 23.1 Å². The molecule has 1 aromatic heterocycles. The predicted molar refractivity (Wildman–Crippen MR) is 156 cm³/mol. The van der Waals surface area contributed by atoms with Crippen LogP contribution in [0.4, 0.5) is 15.8 Å². The highest BCUT2D eigenvalue weighted by atomic mass is 35.5. The Morgan fingerprint density at radius 2 is 1.78 bits per heavy atom. The highest BCUT2D eigenvalue weighted by molar-refractivity contribution is 8.00. The van der Waals surface area contributed by atoms with Crippen LogP contribution in [0.2, 0.25) is 5.02 Å². The molecule has 8 nitrogen and oxygen atoms in total. The van der Waals surface area contributed by atoms with Gasteiger partial charge >= 0.3 is 4.87 Å². The molecule has 3 amide bonds. The Balaban J connectivity index is 1.36. The standard InChI is InChI=1S/C29H21ClFN3O5S2/c1-14-2-9-18(10-3-14)34-27(36)23-22(24-26(33-29(38)41-24)40-25(23)28(34)37)19-12-15(30)4-11-20(19)39-13-21(35)32-17-7-5-16(31)6-8-17/h2-12,22-23,25H,13H2,1H3,(H,32,35)(H,33,38). The zero-order chi connectivity index (χ0) is 28.8. The summed E-state index contributed by atoms with van der Waals surface area (Å²) in [6.45, 7) is 1.53. The van der Waals surface area contributed by atoms with E-state index in [-0.39, 0.29) is 23.1 Å². The van der Waals surface area contributed by atoms with Crippen molar-refractivity contribution in [3.05, 3.63) is 103 Å². The van der Waals surface area contributed by atoms with Crippen LogP contribution in [0.25, 0.3) is 0 Å². The second kappa shape index (κ2) is 10.8. The zero-order valence-corrected chi connectivity index (χ0v) is 23.7. The van der Waals surface area contributed by atoms with Crippen LogP contribution in [0, 0.1) is 18.7 Å². The Hall–Kier alpha value is -3.93. The fourth-order valence-electron chi connectivity index (χ4n) is 5.07. The van der Waals surface area contributed by atoms with E-state index in [0.29, 0.717) is 31.9 Å². The van der Waals surface area contributed by atoms with Crippen LogP contribution < -0.4 is 19.8 Å². The average molecular weight is 610 g/mol. The van der Waals surface area contributed by atoms with Crippen molar-refractivity contribution >= 4 is 63.8 Å². The Morgan fingerprint density at radius 1 is 1.05 bits per heavy atom. The number of anilines is 2. The molecule has 3 aromatic carbocycles. The number of aromatic amines is 1. The summed E-state index contributed by atoms with van der Waals surface area (Å²) in [6.07, 6.45) is 0. The summed E-state index contributed by atoms with van der Waals surface area (Å²) >= 11 is 8.53. The molecule has 1 saturated heterocycles. The molecule has 4 aromatic rings. The number of halogens is 2. The largest absolute Gasteiger partial charge is 0.483 e. The van der Waals surface area contributed by atoms with Crippen molar-refractivity contribution in [3.8, 4) is 5.75 Å². The van der Waals surface area contributed by atoms with Crippen LogP contribution in [-0.4, -0.2) is 34.6 Å². The van der Waals surface area contributed by atoms with Gasteiger partial charge in [-0.3, -0.25) is 19.2 Å². The third-order valence-electron chi connectivity index (χ3n) is 6.91. The van der Waals surface area contributed by atoms with Gasteiger partial charge in [-0.25, -0.2) is 9.29 Å². The molecule has 3 unspecified atom stereocenters. The minimum atomic E-state index is -0.846. The molecule has 208 valence electrons. The molecule has 0 aliphatic carbocycles. The number of aromatic nitrogens is 1. The lowest BCUT2D eigenvalue weighted by molar-refractivity contribution is -0.122.